The molecule has 0 fully saturated rings. The molecule has 1 aliphatic rings. The monoisotopic (exact) mass is 450 g/mol. The van der Waals surface area contributed by atoms with Gasteiger partial charge in [-0.05, 0) is 31.2 Å². The van der Waals surface area contributed by atoms with E-state index in [9.17, 15) is 18.0 Å². The second kappa shape index (κ2) is 7.07. The largest absolute Gasteiger partial charge is 0.494 e. The van der Waals surface area contributed by atoms with Crippen molar-refractivity contribution in [3.8, 4) is 5.75 Å². The number of aromatic nitrogens is 2. The third-order valence-corrected chi connectivity index (χ3v) is 7.40. The fraction of sp³-hybridized carbons (Fsp3) is 0.0909. The van der Waals surface area contributed by atoms with Crippen molar-refractivity contribution >= 4 is 44.2 Å². The number of benzene rings is 3. The topological polar surface area (TPSA) is 103 Å². The van der Waals surface area contributed by atoms with Crippen LogP contribution >= 0.6 is 11.7 Å². The van der Waals surface area contributed by atoms with Crippen molar-refractivity contribution in [2.75, 3.05) is 6.61 Å². The van der Waals surface area contributed by atoms with Crippen molar-refractivity contribution in [3.05, 3.63) is 76.9 Å². The molecule has 0 N–H and O–H groups in total. The number of sulfone groups is 1. The van der Waals surface area contributed by atoms with Gasteiger partial charge in [-0.2, -0.15) is 8.75 Å². The van der Waals surface area contributed by atoms with Gasteiger partial charge in [0.15, 0.2) is 11.6 Å². The van der Waals surface area contributed by atoms with E-state index >= 15 is 0 Å². The molecule has 0 aliphatic heterocycles. The van der Waals surface area contributed by atoms with Gasteiger partial charge in [0.05, 0.1) is 28.8 Å². The van der Waals surface area contributed by atoms with Gasteiger partial charge in [-0.1, -0.05) is 30.3 Å². The lowest BCUT2D eigenvalue weighted by Gasteiger charge is -2.18. The first-order valence-electron chi connectivity index (χ1n) is 9.39. The summed E-state index contributed by atoms with van der Waals surface area (Å²) in [4.78, 5) is 26.1. The van der Waals surface area contributed by atoms with E-state index in [-0.39, 0.29) is 48.9 Å². The Kier molecular flexibility index (Phi) is 4.45. The molecule has 0 radical (unpaired) electrons. The van der Waals surface area contributed by atoms with Gasteiger partial charge in [-0.15, -0.1) is 0 Å². The molecule has 7 nitrogen and oxygen atoms in total. The molecule has 0 bridgehead atoms. The molecule has 3 aromatic carbocycles. The molecule has 9 heteroatoms. The van der Waals surface area contributed by atoms with E-state index in [2.05, 4.69) is 8.75 Å². The molecular weight excluding hydrogens is 436 g/mol. The number of nitrogens with zero attached hydrogens (tertiary/aromatic N) is 2. The summed E-state index contributed by atoms with van der Waals surface area (Å²) in [6.45, 7) is 2.19. The first kappa shape index (κ1) is 19.5. The molecule has 1 aromatic heterocycles. The average molecular weight is 450 g/mol. The zero-order valence-corrected chi connectivity index (χ0v) is 17.8. The number of ether oxygens (including phenoxy) is 1. The standard InChI is InChI=1S/C22H14N2O5S2/c1-2-29-12-6-5-7-13(10-12)31(27,28)17-11-16-18(20-19(17)23-30-24-20)22(26)15-9-4-3-8-14(15)21(16)25/h3-11H,2H2,1H3. The van der Waals surface area contributed by atoms with Crippen LogP contribution in [-0.2, 0) is 9.84 Å². The first-order valence-corrected chi connectivity index (χ1v) is 11.6. The second-order valence-corrected chi connectivity index (χ2v) is 9.32. The number of hydrogen-bond donors (Lipinski definition) is 0. The van der Waals surface area contributed by atoms with E-state index in [1.165, 1.54) is 18.2 Å². The molecular formula is C22H14N2O5S2. The predicted molar refractivity (Wildman–Crippen MR) is 114 cm³/mol. The Morgan fingerprint density at radius 3 is 2.32 bits per heavy atom. The van der Waals surface area contributed by atoms with Crippen LogP contribution in [-0.4, -0.2) is 35.3 Å². The van der Waals surface area contributed by atoms with Crippen LogP contribution in [0, 0.1) is 0 Å². The molecule has 154 valence electrons. The summed E-state index contributed by atoms with van der Waals surface area (Å²) in [5.41, 5.74) is 0.817. The number of hydrogen-bond acceptors (Lipinski definition) is 8. The minimum atomic E-state index is -4.07. The molecule has 0 atom stereocenters. The lowest BCUT2D eigenvalue weighted by atomic mass is 9.83. The lowest BCUT2D eigenvalue weighted by molar-refractivity contribution is 0.0980. The van der Waals surface area contributed by atoms with Crippen molar-refractivity contribution in [1.29, 1.82) is 0 Å². The highest BCUT2D eigenvalue weighted by atomic mass is 32.2. The number of carbonyl (C=O) groups excluding carboxylic acids is 2. The van der Waals surface area contributed by atoms with Crippen LogP contribution in [0.5, 0.6) is 5.75 Å². The maximum atomic E-state index is 13.5. The molecule has 0 amide bonds. The Morgan fingerprint density at radius 1 is 0.871 bits per heavy atom. The van der Waals surface area contributed by atoms with Crippen LogP contribution in [0.3, 0.4) is 0 Å². The Labute approximate surface area is 181 Å². The molecule has 0 saturated carbocycles. The van der Waals surface area contributed by atoms with E-state index in [4.69, 9.17) is 4.74 Å². The van der Waals surface area contributed by atoms with Crippen molar-refractivity contribution < 1.29 is 22.7 Å². The molecule has 0 unspecified atom stereocenters. The van der Waals surface area contributed by atoms with E-state index < -0.39 is 15.6 Å². The highest BCUT2D eigenvalue weighted by molar-refractivity contribution is 7.91. The van der Waals surface area contributed by atoms with Gasteiger partial charge < -0.3 is 4.74 Å². The number of fused-ring (bicyclic) bond motifs is 4. The molecule has 0 saturated heterocycles. The Hall–Kier alpha value is -3.43. The Bertz CT molecular complexity index is 1510. The summed E-state index contributed by atoms with van der Waals surface area (Å²) in [5, 5.41) is 0. The molecule has 5 rings (SSSR count). The van der Waals surface area contributed by atoms with Crippen molar-refractivity contribution in [3.63, 3.8) is 0 Å². The van der Waals surface area contributed by atoms with Crippen LogP contribution < -0.4 is 4.74 Å². The average Bonchev–Trinajstić information content (AvgIpc) is 3.26. The summed E-state index contributed by atoms with van der Waals surface area (Å²) in [6, 6.07) is 13.8. The summed E-state index contributed by atoms with van der Waals surface area (Å²) >= 11 is 0.794. The van der Waals surface area contributed by atoms with Crippen molar-refractivity contribution in [2.24, 2.45) is 0 Å². The summed E-state index contributed by atoms with van der Waals surface area (Å²) in [6.07, 6.45) is 0. The Balaban J connectivity index is 1.78. The van der Waals surface area contributed by atoms with Gasteiger partial charge in [-0.3, -0.25) is 9.59 Å². The number of carbonyl (C=O) groups is 2. The fourth-order valence-electron chi connectivity index (χ4n) is 3.71. The van der Waals surface area contributed by atoms with Gasteiger partial charge in [0, 0.05) is 16.7 Å². The van der Waals surface area contributed by atoms with Crippen LogP contribution in [0.1, 0.15) is 38.8 Å². The van der Waals surface area contributed by atoms with E-state index in [0.717, 1.165) is 11.7 Å². The number of rotatable bonds is 4. The third kappa shape index (κ3) is 2.88. The molecule has 0 spiro atoms. The van der Waals surface area contributed by atoms with E-state index in [0.29, 0.717) is 12.4 Å². The van der Waals surface area contributed by atoms with Crippen LogP contribution in [0.2, 0.25) is 0 Å². The molecule has 1 aliphatic carbocycles. The quantitative estimate of drug-likeness (QED) is 0.411. The highest BCUT2D eigenvalue weighted by Gasteiger charge is 2.35. The van der Waals surface area contributed by atoms with Gasteiger partial charge in [0.1, 0.15) is 21.7 Å². The third-order valence-electron chi connectivity index (χ3n) is 5.11. The Morgan fingerprint density at radius 2 is 1.58 bits per heavy atom. The van der Waals surface area contributed by atoms with Crippen molar-refractivity contribution in [2.45, 2.75) is 16.7 Å². The smallest absolute Gasteiger partial charge is 0.209 e. The highest BCUT2D eigenvalue weighted by Crippen LogP contribution is 2.37. The van der Waals surface area contributed by atoms with E-state index in [1.54, 1.807) is 43.3 Å². The SMILES string of the molecule is CCOc1cccc(S(=O)(=O)c2cc3c(c4nsnc24)C(=O)c2ccccc2C3=O)c1. The zero-order valence-electron chi connectivity index (χ0n) is 16.2. The minimum absolute atomic E-state index is 0.00249. The van der Waals surface area contributed by atoms with Gasteiger partial charge >= 0.3 is 0 Å². The van der Waals surface area contributed by atoms with Crippen LogP contribution in [0.4, 0.5) is 0 Å². The van der Waals surface area contributed by atoms with Gasteiger partial charge in [0.25, 0.3) is 0 Å². The van der Waals surface area contributed by atoms with Crippen LogP contribution in [0.15, 0.2) is 64.4 Å². The predicted octanol–water partition coefficient (Wildman–Crippen LogP) is 3.70. The maximum Gasteiger partial charge on any atom is 0.209 e. The molecule has 1 heterocycles. The van der Waals surface area contributed by atoms with E-state index in [1.807, 2.05) is 0 Å². The normalized spacial score (nSPS) is 13.2. The summed E-state index contributed by atoms with van der Waals surface area (Å²) in [7, 11) is -4.07. The first-order chi connectivity index (χ1) is 14.9. The minimum Gasteiger partial charge on any atom is -0.494 e. The van der Waals surface area contributed by atoms with Gasteiger partial charge in [-0.25, -0.2) is 8.42 Å². The number of ketones is 2. The van der Waals surface area contributed by atoms with Crippen molar-refractivity contribution in [1.82, 2.24) is 8.75 Å². The van der Waals surface area contributed by atoms with Crippen LogP contribution in [0.25, 0.3) is 11.0 Å². The lowest BCUT2D eigenvalue weighted by Crippen LogP contribution is -2.22. The summed E-state index contributed by atoms with van der Waals surface area (Å²) < 4.78 is 40.8. The summed E-state index contributed by atoms with van der Waals surface area (Å²) in [5.74, 6) is -0.376. The zero-order chi connectivity index (χ0) is 21.8. The second-order valence-electron chi connectivity index (χ2n) is 6.87. The molecule has 31 heavy (non-hydrogen) atoms. The fourth-order valence-corrected chi connectivity index (χ4v) is 5.79. The maximum absolute atomic E-state index is 13.5. The molecule has 4 aromatic rings. The van der Waals surface area contributed by atoms with Gasteiger partial charge in [0.2, 0.25) is 9.84 Å².